The molecule has 0 radical (unpaired) electrons. The van der Waals surface area contributed by atoms with Crippen LogP contribution in [-0.4, -0.2) is 37.0 Å². The van der Waals surface area contributed by atoms with Crippen LogP contribution in [0.1, 0.15) is 31.0 Å². The van der Waals surface area contributed by atoms with E-state index in [-0.39, 0.29) is 11.8 Å². The molecule has 9 heteroatoms. The first-order valence-electron chi connectivity index (χ1n) is 11.0. The van der Waals surface area contributed by atoms with E-state index in [4.69, 9.17) is 4.74 Å². The van der Waals surface area contributed by atoms with Crippen molar-refractivity contribution < 1.29 is 18.3 Å². The fourth-order valence-corrected chi connectivity index (χ4v) is 4.50. The third kappa shape index (κ3) is 3.87. The van der Waals surface area contributed by atoms with E-state index < -0.39 is 23.7 Å². The summed E-state index contributed by atoms with van der Waals surface area (Å²) in [5, 5.41) is 12.2. The van der Waals surface area contributed by atoms with Gasteiger partial charge in [0.2, 0.25) is 0 Å². The summed E-state index contributed by atoms with van der Waals surface area (Å²) in [6, 6.07) is 7.97. The molecular formula is C25H25F2N5O2. The molecule has 176 valence electrons. The topological polar surface area (TPSA) is 69.2 Å². The lowest BCUT2D eigenvalue weighted by molar-refractivity contribution is -0.136. The Hall–Kier alpha value is -3.88. The molecule has 0 spiro atoms. The number of fused-ring (bicyclic) bond motifs is 1. The van der Waals surface area contributed by atoms with Crippen molar-refractivity contribution in [2.45, 2.75) is 25.9 Å². The van der Waals surface area contributed by atoms with E-state index >= 15 is 0 Å². The number of halogens is 2. The first-order chi connectivity index (χ1) is 16.3. The Bertz CT molecular complexity index is 1220. The number of methoxy groups -OCH3 is 1. The van der Waals surface area contributed by atoms with Crippen LogP contribution in [0.2, 0.25) is 0 Å². The molecule has 2 N–H and O–H groups in total. The van der Waals surface area contributed by atoms with Crippen molar-refractivity contribution in [3.63, 3.8) is 0 Å². The van der Waals surface area contributed by atoms with Crippen LogP contribution >= 0.6 is 0 Å². The third-order valence-electron chi connectivity index (χ3n) is 6.32. The van der Waals surface area contributed by atoms with Gasteiger partial charge in [0, 0.05) is 41.4 Å². The van der Waals surface area contributed by atoms with Gasteiger partial charge in [0.15, 0.2) is 0 Å². The van der Waals surface area contributed by atoms with Crippen molar-refractivity contribution in [2.24, 2.45) is 11.0 Å². The molecule has 3 unspecified atom stereocenters. The molecule has 2 aromatic carbocycles. The number of nitrogens with one attached hydrogen (secondary N) is 2. The van der Waals surface area contributed by atoms with E-state index in [1.807, 2.05) is 37.4 Å². The second-order valence-corrected chi connectivity index (χ2v) is 8.61. The van der Waals surface area contributed by atoms with Gasteiger partial charge in [-0.2, -0.15) is 5.10 Å². The first kappa shape index (κ1) is 21.9. The summed E-state index contributed by atoms with van der Waals surface area (Å²) in [6.45, 7) is 4.37. The molecule has 1 amide bonds. The van der Waals surface area contributed by atoms with E-state index in [2.05, 4.69) is 20.6 Å². The molecule has 3 aliphatic heterocycles. The van der Waals surface area contributed by atoms with Gasteiger partial charge in [-0.3, -0.25) is 4.79 Å². The zero-order chi connectivity index (χ0) is 24.0. The molecule has 2 aromatic rings. The maximum Gasteiger partial charge on any atom is 0.266 e. The molecule has 5 rings (SSSR count). The highest BCUT2D eigenvalue weighted by Crippen LogP contribution is 2.36. The number of ether oxygens (including phenoxy) is 1. The van der Waals surface area contributed by atoms with Gasteiger partial charge in [-0.25, -0.2) is 13.8 Å². The molecule has 0 aromatic heterocycles. The summed E-state index contributed by atoms with van der Waals surface area (Å²) in [7, 11) is 1.63. The second kappa shape index (κ2) is 8.48. The summed E-state index contributed by atoms with van der Waals surface area (Å²) < 4.78 is 33.0. The van der Waals surface area contributed by atoms with Crippen LogP contribution < -0.4 is 20.3 Å². The number of carbonyl (C=O) groups is 1. The summed E-state index contributed by atoms with van der Waals surface area (Å²) in [5.41, 5.74) is 4.04. The molecule has 3 heterocycles. The van der Waals surface area contributed by atoms with Gasteiger partial charge in [0.1, 0.15) is 23.4 Å². The monoisotopic (exact) mass is 465 g/mol. The number of hydrazone groups is 1. The predicted octanol–water partition coefficient (Wildman–Crippen LogP) is 3.72. The van der Waals surface area contributed by atoms with Crippen molar-refractivity contribution in [3.8, 4) is 5.75 Å². The Balaban J connectivity index is 1.35. The molecular weight excluding hydrogens is 440 g/mol. The average Bonchev–Trinajstić information content (AvgIpc) is 3.45. The number of hydrogen-bond acceptors (Lipinski definition) is 6. The number of rotatable bonds is 5. The predicted molar refractivity (Wildman–Crippen MR) is 126 cm³/mol. The van der Waals surface area contributed by atoms with E-state index in [1.165, 1.54) is 17.1 Å². The highest BCUT2D eigenvalue weighted by molar-refractivity contribution is 5.94. The quantitative estimate of drug-likeness (QED) is 0.705. The zero-order valence-electron chi connectivity index (χ0n) is 19.0. The van der Waals surface area contributed by atoms with Gasteiger partial charge in [0.25, 0.3) is 5.91 Å². The minimum Gasteiger partial charge on any atom is -0.495 e. The van der Waals surface area contributed by atoms with Gasteiger partial charge in [-0.15, -0.1) is 0 Å². The number of hydrogen-bond donors (Lipinski definition) is 2. The van der Waals surface area contributed by atoms with Crippen molar-refractivity contribution in [1.29, 1.82) is 0 Å². The normalized spacial score (nSPS) is 22.1. The van der Waals surface area contributed by atoms with Crippen LogP contribution in [0.25, 0.3) is 5.70 Å². The lowest BCUT2D eigenvalue weighted by atomic mass is 9.99. The Morgan fingerprint density at radius 3 is 2.62 bits per heavy atom. The number of benzene rings is 2. The van der Waals surface area contributed by atoms with Gasteiger partial charge in [-0.1, -0.05) is 6.07 Å². The van der Waals surface area contributed by atoms with Crippen LogP contribution in [0.5, 0.6) is 5.75 Å². The Morgan fingerprint density at radius 2 is 1.94 bits per heavy atom. The third-order valence-corrected chi connectivity index (χ3v) is 6.32. The Labute approximate surface area is 196 Å². The SMILES string of the molecule is COc1cc(C2=CC3C=NN(C(C)c4cc(F)cc(F)c4)C(=O)C3N2)ccc1N1C=C(C)NC1. The molecule has 34 heavy (non-hydrogen) atoms. The average molecular weight is 466 g/mol. The number of carbonyl (C=O) groups excluding carboxylic acids is 1. The van der Waals surface area contributed by atoms with Crippen molar-refractivity contribution in [2.75, 3.05) is 18.7 Å². The van der Waals surface area contributed by atoms with Gasteiger partial charge < -0.3 is 20.3 Å². The fourth-order valence-electron chi connectivity index (χ4n) is 4.50. The fraction of sp³-hybridized carbons (Fsp3) is 0.280. The van der Waals surface area contributed by atoms with Crippen LogP contribution in [0, 0.1) is 17.6 Å². The summed E-state index contributed by atoms with van der Waals surface area (Å²) in [5.74, 6) is -1.16. The van der Waals surface area contributed by atoms with E-state index in [9.17, 15) is 13.6 Å². The Kier molecular flexibility index (Phi) is 5.47. The van der Waals surface area contributed by atoms with E-state index in [1.54, 1.807) is 20.2 Å². The second-order valence-electron chi connectivity index (χ2n) is 8.61. The zero-order valence-corrected chi connectivity index (χ0v) is 19.0. The largest absolute Gasteiger partial charge is 0.495 e. The molecule has 3 aliphatic rings. The molecule has 0 fully saturated rings. The molecule has 0 saturated carbocycles. The van der Waals surface area contributed by atoms with Gasteiger partial charge >= 0.3 is 0 Å². The van der Waals surface area contributed by atoms with E-state index in [0.717, 1.165) is 28.7 Å². The number of nitrogens with zero attached hydrogens (tertiary/aromatic N) is 3. The molecule has 3 atom stereocenters. The van der Waals surface area contributed by atoms with Gasteiger partial charge in [-0.05, 0) is 49.8 Å². The standard InChI is InChI=1S/C25H25F2N5O2/c1-14-12-31(13-28-14)22-5-4-16(9-23(22)34-3)21-8-18-11-29-32(25(33)24(18)30-21)15(2)17-6-19(26)10-20(27)7-17/h4-12,15,18,24,28,30H,13H2,1-3H3. The highest BCUT2D eigenvalue weighted by Gasteiger charge is 2.40. The highest BCUT2D eigenvalue weighted by atomic mass is 19.1. The molecule has 0 saturated heterocycles. The van der Waals surface area contributed by atoms with Crippen LogP contribution in [0.3, 0.4) is 0 Å². The van der Waals surface area contributed by atoms with Crippen molar-refractivity contribution in [1.82, 2.24) is 15.6 Å². The molecule has 7 nitrogen and oxygen atoms in total. The number of allylic oxidation sites excluding steroid dienone is 1. The minimum atomic E-state index is -0.691. The maximum absolute atomic E-state index is 13.7. The van der Waals surface area contributed by atoms with Crippen LogP contribution in [0.15, 0.2) is 59.5 Å². The molecule has 0 aliphatic carbocycles. The van der Waals surface area contributed by atoms with Gasteiger partial charge in [0.05, 0.1) is 25.5 Å². The van der Waals surface area contributed by atoms with Crippen LogP contribution in [0.4, 0.5) is 14.5 Å². The lowest BCUT2D eigenvalue weighted by Gasteiger charge is -2.32. The minimum absolute atomic E-state index is 0.228. The smallest absolute Gasteiger partial charge is 0.266 e. The molecule has 0 bridgehead atoms. The van der Waals surface area contributed by atoms with E-state index in [0.29, 0.717) is 18.0 Å². The maximum atomic E-state index is 13.7. The number of amides is 1. The number of anilines is 1. The lowest BCUT2D eigenvalue weighted by Crippen LogP contribution is -2.49. The van der Waals surface area contributed by atoms with Crippen molar-refractivity contribution >= 4 is 23.5 Å². The summed E-state index contributed by atoms with van der Waals surface area (Å²) >= 11 is 0. The Morgan fingerprint density at radius 1 is 1.18 bits per heavy atom. The summed E-state index contributed by atoms with van der Waals surface area (Å²) in [6.07, 6.45) is 5.67. The van der Waals surface area contributed by atoms with Crippen molar-refractivity contribution in [3.05, 3.63) is 77.1 Å². The summed E-state index contributed by atoms with van der Waals surface area (Å²) in [4.78, 5) is 15.3. The van der Waals surface area contributed by atoms with Crippen LogP contribution in [-0.2, 0) is 4.79 Å². The first-order valence-corrected chi connectivity index (χ1v) is 11.0.